The molecule has 4 N–H and O–H groups in total. The number of benzene rings is 5. The third-order valence-corrected chi connectivity index (χ3v) is 18.4. The number of carbonyl (C=O) groups is 3. The van der Waals surface area contributed by atoms with Crippen LogP contribution in [0.3, 0.4) is 0 Å². The number of aromatic hydroxyl groups is 1. The zero-order chi connectivity index (χ0) is 67.4. The number of carbonyl (C=O) groups excluding carboxylic acids is 3. The van der Waals surface area contributed by atoms with Crippen molar-refractivity contribution in [2.45, 2.75) is 95.5 Å². The molecule has 20 nitrogen and oxygen atoms in total. The number of nitrogens with one attached hydrogen (secondary N) is 3. The molecule has 4 aliphatic rings. The Morgan fingerprint density at radius 1 is 0.874 bits per heavy atom. The Kier molecular flexibility index (Phi) is 23.5. The third-order valence-electron chi connectivity index (χ3n) is 17.9. The first-order valence-electron chi connectivity index (χ1n) is 32.4. The van der Waals surface area contributed by atoms with E-state index in [4.69, 9.17) is 61.6 Å². The molecule has 0 radical (unpaired) electrons. The number of halogens is 4. The number of anilines is 3. The van der Waals surface area contributed by atoms with Crippen LogP contribution in [0.1, 0.15) is 85.6 Å². The van der Waals surface area contributed by atoms with Crippen LogP contribution < -0.4 is 35.2 Å². The number of piperidine rings is 1. The van der Waals surface area contributed by atoms with Gasteiger partial charge in [0.2, 0.25) is 11.8 Å². The fraction of sp³-hybridized carbons (Fsp3) is 0.465. The lowest BCUT2D eigenvalue weighted by Gasteiger charge is -2.38. The Morgan fingerprint density at radius 2 is 1.60 bits per heavy atom. The van der Waals surface area contributed by atoms with Gasteiger partial charge in [-0.05, 0) is 97.5 Å². The number of phenolic OH excluding ortho intramolecular Hbond substituents is 1. The molecule has 95 heavy (non-hydrogen) atoms. The maximum absolute atomic E-state index is 16.2. The molecule has 3 amide bonds. The summed E-state index contributed by atoms with van der Waals surface area (Å²) in [5, 5.41) is 32.8. The molecule has 4 aliphatic heterocycles. The van der Waals surface area contributed by atoms with Gasteiger partial charge in [-0.25, -0.2) is 8.78 Å². The van der Waals surface area contributed by atoms with Gasteiger partial charge in [-0.1, -0.05) is 93.0 Å². The lowest BCUT2D eigenvalue weighted by Crippen LogP contribution is -2.49. The van der Waals surface area contributed by atoms with Crippen LogP contribution in [0, 0.1) is 28.4 Å². The molecule has 24 heteroatoms. The average molecular weight is 1350 g/mol. The molecule has 5 atom stereocenters. The Labute approximate surface area is 563 Å². The first-order valence-corrected chi connectivity index (χ1v) is 33.1. The first kappa shape index (κ1) is 70.1. The number of methoxy groups -OCH3 is 1. The van der Waals surface area contributed by atoms with E-state index in [-0.39, 0.29) is 75.2 Å². The van der Waals surface area contributed by atoms with Crippen LogP contribution in [0.15, 0.2) is 104 Å². The number of ether oxygens (including phenoxy) is 6. The fourth-order valence-electron chi connectivity index (χ4n) is 13.4. The van der Waals surface area contributed by atoms with Crippen LogP contribution in [0.25, 0.3) is 10.8 Å². The summed E-state index contributed by atoms with van der Waals surface area (Å²) in [4.78, 5) is 59.1. The molecule has 0 bridgehead atoms. The lowest BCUT2D eigenvalue weighted by atomic mass is 9.62. The van der Waals surface area contributed by atoms with Gasteiger partial charge >= 0.3 is 6.01 Å². The van der Waals surface area contributed by atoms with Gasteiger partial charge in [0.1, 0.15) is 40.5 Å². The molecule has 5 aromatic carbocycles. The van der Waals surface area contributed by atoms with Crippen LogP contribution in [0.2, 0.25) is 10.0 Å². The minimum absolute atomic E-state index is 0.0459. The second-order valence-electron chi connectivity index (χ2n) is 25.6. The van der Waals surface area contributed by atoms with E-state index in [1.165, 1.54) is 61.7 Å². The topological polar surface area (TPSA) is 225 Å². The highest BCUT2D eigenvalue weighted by atomic mass is 35.5. The highest BCUT2D eigenvalue weighted by molar-refractivity contribution is 6.31. The first-order chi connectivity index (χ1) is 45.8. The predicted octanol–water partition coefficient (Wildman–Crippen LogP) is 10.0. The minimum Gasteiger partial charge on any atom is -0.508 e. The monoisotopic (exact) mass is 1340 g/mol. The Balaban J connectivity index is 0.618. The van der Waals surface area contributed by atoms with Gasteiger partial charge in [0.25, 0.3) is 5.91 Å². The zero-order valence-corrected chi connectivity index (χ0v) is 56.0. The summed E-state index contributed by atoms with van der Waals surface area (Å²) in [6, 6.07) is 25.0. The van der Waals surface area contributed by atoms with Gasteiger partial charge in [0.05, 0.1) is 94.5 Å². The summed E-state index contributed by atoms with van der Waals surface area (Å²) >= 11 is 12.5. The number of hydrogen-bond donors (Lipinski definition) is 4. The fourth-order valence-corrected chi connectivity index (χ4v) is 13.8. The summed E-state index contributed by atoms with van der Waals surface area (Å²) in [5.74, 6) is -2.83. The summed E-state index contributed by atoms with van der Waals surface area (Å²) < 4.78 is 67.9. The SMILES string of the molecule is C=CC(=O)N1CCN(c2nc(O[C@H](C)CN3CCC(OCCOCCOCCOCCNC(=O)c4ccc(NC(=O)[C@@H]5N[C@@H](CC(C)(C)C)[C@](C#N)(c6ccc(Cl)cc6F)C5c5cccc(Cl)c5F)c(OC)c4)CC3)nc3c2CCN(c2cc(O)cc4ccccc24)C3)CC1. The van der Waals surface area contributed by atoms with E-state index in [1.807, 2.05) is 56.9 Å². The van der Waals surface area contributed by atoms with Crippen molar-refractivity contribution in [3.63, 3.8) is 0 Å². The second kappa shape index (κ2) is 31.9. The number of likely N-dealkylation sites (tertiary alicyclic amines) is 1. The van der Waals surface area contributed by atoms with Crippen LogP contribution in [-0.2, 0) is 46.9 Å². The lowest BCUT2D eigenvalue weighted by molar-refractivity contribution is -0.126. The van der Waals surface area contributed by atoms with E-state index < -0.39 is 52.3 Å². The smallest absolute Gasteiger partial charge is 0.318 e. The number of phenols is 1. The van der Waals surface area contributed by atoms with E-state index in [1.54, 1.807) is 6.07 Å². The zero-order valence-electron chi connectivity index (χ0n) is 54.4. The van der Waals surface area contributed by atoms with Crippen molar-refractivity contribution in [2.24, 2.45) is 5.41 Å². The quantitative estimate of drug-likeness (QED) is 0.0278. The molecule has 0 aliphatic carbocycles. The average Bonchev–Trinajstić information content (AvgIpc) is 1.59. The van der Waals surface area contributed by atoms with Crippen molar-refractivity contribution >= 4 is 68.9 Å². The van der Waals surface area contributed by atoms with Crippen LogP contribution >= 0.6 is 23.2 Å². The van der Waals surface area contributed by atoms with E-state index in [0.29, 0.717) is 97.8 Å². The number of piperazine rings is 1. The predicted molar refractivity (Wildman–Crippen MR) is 361 cm³/mol. The summed E-state index contributed by atoms with van der Waals surface area (Å²) in [5.41, 5.74) is 1.01. The molecule has 3 saturated heterocycles. The summed E-state index contributed by atoms with van der Waals surface area (Å²) in [6.07, 6.45) is 4.05. The molecule has 5 heterocycles. The van der Waals surface area contributed by atoms with E-state index in [9.17, 15) is 24.8 Å². The van der Waals surface area contributed by atoms with E-state index in [0.717, 1.165) is 72.1 Å². The van der Waals surface area contributed by atoms with Crippen LogP contribution in [0.4, 0.5) is 26.0 Å². The van der Waals surface area contributed by atoms with Crippen LogP contribution in [0.5, 0.6) is 17.5 Å². The summed E-state index contributed by atoms with van der Waals surface area (Å²) in [6.45, 7) is 20.3. The summed E-state index contributed by atoms with van der Waals surface area (Å²) in [7, 11) is 1.39. The molecule has 1 aromatic heterocycles. The third kappa shape index (κ3) is 16.9. The van der Waals surface area contributed by atoms with Crippen molar-refractivity contribution in [1.29, 1.82) is 5.26 Å². The van der Waals surface area contributed by atoms with Crippen LogP contribution in [-0.4, -0.2) is 179 Å². The standard InChI is InChI=1S/C71H84Cl2F2N10O10/c1-7-62(87)83-26-28-84(29-27-83)66-52-21-25-85(59-40-49(86)37-46-11-8-9-12-51(46)59)43-58(52)79-69(81-66)95-45(2)42-82-23-19-50(20-24-82)94-36-35-93-34-33-92-32-31-91-30-22-77-67(88)47-15-18-57(60(38-47)90-6)78-68(89)65-63(53-13-10-14-55(73)64(53)75)71(44-76,61(80-65)41-70(3,4)5)54-17-16-48(72)39-56(54)74/h7-18,37-40,45,50,61,63,65,80,86H,1,19-36,41-43H2,2-6H3,(H,77,88)(H,78,89)/t45-,61+,63?,65-,71+/m1/s1. The van der Waals surface area contributed by atoms with Crippen molar-refractivity contribution in [3.8, 4) is 23.6 Å². The molecule has 506 valence electrons. The molecule has 0 saturated carbocycles. The number of nitriles is 1. The highest BCUT2D eigenvalue weighted by Crippen LogP contribution is 2.53. The maximum atomic E-state index is 16.2. The number of fused-ring (bicyclic) bond motifs is 2. The molecular weight excluding hydrogens is 1260 g/mol. The van der Waals surface area contributed by atoms with Gasteiger partial charge in [0.15, 0.2) is 0 Å². The molecule has 1 unspecified atom stereocenters. The molecular formula is C71H84Cl2F2N10O10. The minimum atomic E-state index is -1.82. The molecule has 10 rings (SSSR count). The van der Waals surface area contributed by atoms with Crippen molar-refractivity contribution in [1.82, 2.24) is 30.4 Å². The van der Waals surface area contributed by atoms with Crippen molar-refractivity contribution in [2.75, 3.05) is 127 Å². The van der Waals surface area contributed by atoms with E-state index >= 15 is 8.78 Å². The van der Waals surface area contributed by atoms with E-state index in [2.05, 4.69) is 49.4 Å². The Morgan fingerprint density at radius 3 is 2.31 bits per heavy atom. The normalized spacial score (nSPS) is 19.7. The van der Waals surface area contributed by atoms with Crippen molar-refractivity contribution in [3.05, 3.63) is 153 Å². The second-order valence-corrected chi connectivity index (χ2v) is 26.5. The number of nitrogens with zero attached hydrogens (tertiary/aromatic N) is 7. The molecule has 6 aromatic rings. The number of amides is 3. The van der Waals surface area contributed by atoms with Gasteiger partial charge in [-0.2, -0.15) is 15.2 Å². The highest BCUT2D eigenvalue weighted by Gasteiger charge is 2.61. The van der Waals surface area contributed by atoms with Crippen molar-refractivity contribution < 1.29 is 56.7 Å². The largest absolute Gasteiger partial charge is 0.508 e. The maximum Gasteiger partial charge on any atom is 0.318 e. The number of hydrogen-bond acceptors (Lipinski definition) is 17. The van der Waals surface area contributed by atoms with Gasteiger partial charge < -0.3 is 64.2 Å². The molecule has 3 fully saturated rings. The molecule has 0 spiro atoms. The van der Waals surface area contributed by atoms with Gasteiger partial charge in [0, 0.05) is 110 Å². The Bertz CT molecular complexity index is 3750. The number of rotatable bonds is 27. The number of aromatic nitrogens is 2. The Hall–Kier alpha value is -7.72. The van der Waals surface area contributed by atoms with Gasteiger partial charge in [-0.15, -0.1) is 0 Å². The van der Waals surface area contributed by atoms with Gasteiger partial charge in [-0.3, -0.25) is 19.3 Å².